The van der Waals surface area contributed by atoms with Gasteiger partial charge in [0, 0.05) is 6.20 Å². The van der Waals surface area contributed by atoms with E-state index in [0.717, 1.165) is 5.56 Å². The molecule has 1 atom stereocenters. The molecular weight excluding hydrogens is 164 g/mol. The number of aliphatic hydroxyl groups is 1. The first-order valence-electron chi connectivity index (χ1n) is 4.63. The monoisotopic (exact) mass is 182 g/mol. The van der Waals surface area contributed by atoms with Crippen molar-refractivity contribution in [2.45, 2.75) is 39.8 Å². The molecule has 0 aromatic carbocycles. The van der Waals surface area contributed by atoms with E-state index in [1.807, 2.05) is 33.9 Å². The minimum Gasteiger partial charge on any atom is -0.388 e. The summed E-state index contributed by atoms with van der Waals surface area (Å²) in [4.78, 5) is 0. The van der Waals surface area contributed by atoms with Gasteiger partial charge in [-0.1, -0.05) is 13.8 Å². The van der Waals surface area contributed by atoms with Gasteiger partial charge < -0.3 is 5.11 Å². The van der Waals surface area contributed by atoms with E-state index in [1.165, 1.54) is 0 Å². The lowest BCUT2D eigenvalue weighted by molar-refractivity contribution is -0.00568. The first kappa shape index (κ1) is 10.3. The van der Waals surface area contributed by atoms with Crippen molar-refractivity contribution in [1.82, 2.24) is 9.78 Å². The molecule has 0 spiro atoms. The van der Waals surface area contributed by atoms with Crippen LogP contribution in [0.4, 0.5) is 0 Å². The number of rotatable bonds is 3. The molecule has 74 valence electrons. The molecule has 3 heteroatoms. The quantitative estimate of drug-likeness (QED) is 0.771. The smallest absolute Gasteiger partial charge is 0.0837 e. The summed E-state index contributed by atoms with van der Waals surface area (Å²) < 4.78 is 1.79. The van der Waals surface area contributed by atoms with Crippen molar-refractivity contribution in [2.75, 3.05) is 0 Å². The Labute approximate surface area is 79.4 Å². The van der Waals surface area contributed by atoms with Crippen LogP contribution in [0.3, 0.4) is 0 Å². The standard InChI is InChI=1S/C10H18N2O/c1-8(2)10(4,13)7-12-6-9(3)5-11-12/h5-6,8,13H,7H2,1-4H3. The zero-order chi connectivity index (χ0) is 10.1. The van der Waals surface area contributed by atoms with Crippen molar-refractivity contribution in [3.8, 4) is 0 Å². The molecule has 0 aliphatic rings. The Morgan fingerprint density at radius 3 is 2.62 bits per heavy atom. The van der Waals surface area contributed by atoms with Crippen LogP contribution in [-0.4, -0.2) is 20.5 Å². The Bertz CT molecular complexity index is 276. The maximum Gasteiger partial charge on any atom is 0.0837 e. The Kier molecular flexibility index (Phi) is 2.76. The minimum absolute atomic E-state index is 0.233. The molecule has 3 nitrogen and oxygen atoms in total. The fraction of sp³-hybridized carbons (Fsp3) is 0.700. The molecule has 1 aromatic heterocycles. The first-order chi connectivity index (χ1) is 5.92. The van der Waals surface area contributed by atoms with Gasteiger partial charge in [0.1, 0.15) is 0 Å². The molecule has 0 saturated carbocycles. The Morgan fingerprint density at radius 2 is 2.23 bits per heavy atom. The highest BCUT2D eigenvalue weighted by Crippen LogP contribution is 2.17. The zero-order valence-corrected chi connectivity index (χ0v) is 8.78. The molecule has 1 heterocycles. The van der Waals surface area contributed by atoms with Crippen LogP contribution in [0.5, 0.6) is 0 Å². The molecule has 1 aromatic rings. The summed E-state index contributed by atoms with van der Waals surface area (Å²) in [6.07, 6.45) is 3.74. The summed E-state index contributed by atoms with van der Waals surface area (Å²) in [6, 6.07) is 0. The molecule has 0 amide bonds. The van der Waals surface area contributed by atoms with Gasteiger partial charge in [0.05, 0.1) is 18.3 Å². The normalized spacial score (nSPS) is 16.2. The number of hydrogen-bond donors (Lipinski definition) is 1. The molecule has 1 N–H and O–H groups in total. The van der Waals surface area contributed by atoms with Crippen molar-refractivity contribution in [1.29, 1.82) is 0 Å². The second-order valence-corrected chi connectivity index (χ2v) is 4.23. The van der Waals surface area contributed by atoms with Crippen LogP contribution in [0.2, 0.25) is 0 Å². The van der Waals surface area contributed by atoms with Crippen LogP contribution in [0.15, 0.2) is 12.4 Å². The minimum atomic E-state index is -0.682. The predicted molar refractivity (Wildman–Crippen MR) is 52.4 cm³/mol. The van der Waals surface area contributed by atoms with E-state index < -0.39 is 5.60 Å². The largest absolute Gasteiger partial charge is 0.388 e. The molecule has 0 saturated heterocycles. The molecule has 1 unspecified atom stereocenters. The maximum atomic E-state index is 9.99. The van der Waals surface area contributed by atoms with Gasteiger partial charge in [-0.3, -0.25) is 4.68 Å². The van der Waals surface area contributed by atoms with Gasteiger partial charge >= 0.3 is 0 Å². The summed E-state index contributed by atoms with van der Waals surface area (Å²) in [5, 5.41) is 14.1. The maximum absolute atomic E-state index is 9.99. The summed E-state index contributed by atoms with van der Waals surface area (Å²) in [6.45, 7) is 8.41. The van der Waals surface area contributed by atoms with E-state index in [4.69, 9.17) is 0 Å². The van der Waals surface area contributed by atoms with Gasteiger partial charge in [-0.15, -0.1) is 0 Å². The lowest BCUT2D eigenvalue weighted by Crippen LogP contribution is -2.36. The molecule has 0 bridgehead atoms. The Hall–Kier alpha value is -0.830. The topological polar surface area (TPSA) is 38.0 Å². The highest BCUT2D eigenvalue weighted by atomic mass is 16.3. The lowest BCUT2D eigenvalue weighted by Gasteiger charge is -2.27. The molecule has 13 heavy (non-hydrogen) atoms. The summed E-state index contributed by atoms with van der Waals surface area (Å²) in [7, 11) is 0. The van der Waals surface area contributed by atoms with Crippen molar-refractivity contribution >= 4 is 0 Å². The molecule has 1 rings (SSSR count). The van der Waals surface area contributed by atoms with Gasteiger partial charge in [0.25, 0.3) is 0 Å². The van der Waals surface area contributed by atoms with Crippen molar-refractivity contribution in [3.63, 3.8) is 0 Å². The molecule has 0 aliphatic carbocycles. The van der Waals surface area contributed by atoms with Crippen LogP contribution in [-0.2, 0) is 6.54 Å². The van der Waals surface area contributed by atoms with Crippen molar-refractivity contribution in [3.05, 3.63) is 18.0 Å². The second kappa shape index (κ2) is 3.50. The molecule has 0 fully saturated rings. The highest BCUT2D eigenvalue weighted by Gasteiger charge is 2.25. The third-order valence-electron chi connectivity index (χ3n) is 2.49. The van der Waals surface area contributed by atoms with E-state index in [-0.39, 0.29) is 5.92 Å². The summed E-state index contributed by atoms with van der Waals surface area (Å²) in [5.74, 6) is 0.233. The lowest BCUT2D eigenvalue weighted by atomic mass is 9.93. The first-order valence-corrected chi connectivity index (χ1v) is 4.63. The van der Waals surface area contributed by atoms with Crippen LogP contribution >= 0.6 is 0 Å². The van der Waals surface area contributed by atoms with E-state index >= 15 is 0 Å². The molecule has 0 aliphatic heterocycles. The van der Waals surface area contributed by atoms with E-state index in [0.29, 0.717) is 6.54 Å². The molecule has 0 radical (unpaired) electrons. The number of aromatic nitrogens is 2. The van der Waals surface area contributed by atoms with E-state index in [1.54, 1.807) is 10.9 Å². The second-order valence-electron chi connectivity index (χ2n) is 4.23. The Morgan fingerprint density at radius 1 is 1.62 bits per heavy atom. The van der Waals surface area contributed by atoms with E-state index in [9.17, 15) is 5.11 Å². The molecular formula is C10H18N2O. The number of aryl methyl sites for hydroxylation is 1. The fourth-order valence-electron chi connectivity index (χ4n) is 1.06. The predicted octanol–water partition coefficient (Wildman–Crippen LogP) is 1.60. The van der Waals surface area contributed by atoms with Crippen LogP contribution in [0.1, 0.15) is 26.3 Å². The number of hydrogen-bond acceptors (Lipinski definition) is 2. The van der Waals surface area contributed by atoms with Gasteiger partial charge in [-0.05, 0) is 25.3 Å². The summed E-state index contributed by atoms with van der Waals surface area (Å²) in [5.41, 5.74) is 0.443. The van der Waals surface area contributed by atoms with Crippen LogP contribution in [0.25, 0.3) is 0 Å². The zero-order valence-electron chi connectivity index (χ0n) is 8.78. The van der Waals surface area contributed by atoms with E-state index in [2.05, 4.69) is 5.10 Å². The Balaban J connectivity index is 2.68. The van der Waals surface area contributed by atoms with Crippen LogP contribution < -0.4 is 0 Å². The SMILES string of the molecule is Cc1cnn(CC(C)(O)C(C)C)c1. The number of nitrogens with zero attached hydrogens (tertiary/aromatic N) is 2. The van der Waals surface area contributed by atoms with Gasteiger partial charge in [-0.25, -0.2) is 0 Å². The highest BCUT2D eigenvalue weighted by molar-refractivity contribution is 5.00. The van der Waals surface area contributed by atoms with Crippen molar-refractivity contribution < 1.29 is 5.11 Å². The third-order valence-corrected chi connectivity index (χ3v) is 2.49. The average molecular weight is 182 g/mol. The third kappa shape index (κ3) is 2.56. The van der Waals surface area contributed by atoms with Gasteiger partial charge in [0.2, 0.25) is 0 Å². The van der Waals surface area contributed by atoms with Gasteiger partial charge in [0.15, 0.2) is 0 Å². The van der Waals surface area contributed by atoms with Crippen molar-refractivity contribution in [2.24, 2.45) is 5.92 Å². The fourth-order valence-corrected chi connectivity index (χ4v) is 1.06. The average Bonchev–Trinajstić information content (AvgIpc) is 2.34. The van der Waals surface area contributed by atoms with Gasteiger partial charge in [-0.2, -0.15) is 5.10 Å². The van der Waals surface area contributed by atoms with Crippen LogP contribution in [0, 0.1) is 12.8 Å². The summed E-state index contributed by atoms with van der Waals surface area (Å²) >= 11 is 0.